The maximum Gasteiger partial charge on any atom is 0.342 e. The highest BCUT2D eigenvalue weighted by Gasteiger charge is 2.23. The van der Waals surface area contributed by atoms with E-state index in [0.717, 1.165) is 12.1 Å². The fraction of sp³-hybridized carbons (Fsp3) is 0.163. The second-order valence-electron chi connectivity index (χ2n) is 13.2. The van der Waals surface area contributed by atoms with E-state index in [0.29, 0.717) is 38.4 Å². The zero-order valence-corrected chi connectivity index (χ0v) is 39.2. The van der Waals surface area contributed by atoms with E-state index in [-0.39, 0.29) is 70.1 Å². The lowest BCUT2D eigenvalue weighted by Gasteiger charge is -2.14. The fourth-order valence-electron chi connectivity index (χ4n) is 5.37. The molecule has 0 unspecified atom stereocenters. The number of hydrogen-bond acceptors (Lipinski definition) is 17. The Bertz CT molecular complexity index is 3050. The van der Waals surface area contributed by atoms with Crippen LogP contribution in [0.25, 0.3) is 0 Å². The number of pyridine rings is 2. The maximum atomic E-state index is 12.9. The lowest BCUT2D eigenvalue weighted by Crippen LogP contribution is -2.15. The third kappa shape index (κ3) is 15.8. The fourth-order valence-corrected chi connectivity index (χ4v) is 8.23. The minimum absolute atomic E-state index is 0. The van der Waals surface area contributed by atoms with E-state index in [1.807, 2.05) is 0 Å². The van der Waals surface area contributed by atoms with Crippen molar-refractivity contribution in [3.05, 3.63) is 162 Å². The molecule has 0 aliphatic carbocycles. The van der Waals surface area contributed by atoms with Gasteiger partial charge in [-0.05, 0) is 75.2 Å². The number of carbonyl (C=O) groups excluding carboxylic acids is 2. The molecule has 4 aromatic carbocycles. The molecule has 0 aliphatic heterocycles. The number of nitro groups is 2. The third-order valence-corrected chi connectivity index (χ3v) is 11.8. The SMILES string of the molecule is C.CCOC(=O)c1cc(N)ccc1Oc1cncc(Cl)c1.CCOC(=O)c1cc(NS(=O)(=O)c2cc([N+](=O)[O-])ccc2C)ccc1Oc1cncc(Cl)c1.Cc1ccc([N+](=O)[O-])cc1S(=O)(=O)Cl. The Kier molecular flexibility index (Phi) is 20.0. The molecule has 2 aromatic heterocycles. The molecule has 0 saturated carbocycles. The number of nitrogens with two attached hydrogens (primary N) is 1. The van der Waals surface area contributed by atoms with Crippen LogP contribution in [0.4, 0.5) is 22.7 Å². The topological polar surface area (TPSA) is 289 Å². The molecule has 0 bridgehead atoms. The molecule has 25 heteroatoms. The highest BCUT2D eigenvalue weighted by atomic mass is 35.7. The number of non-ortho nitro benzene ring substituents is 2. The monoisotopic (exact) mass is 1030 g/mol. The van der Waals surface area contributed by atoms with Crippen molar-refractivity contribution in [2.24, 2.45) is 0 Å². The first-order chi connectivity index (χ1) is 31.5. The molecule has 0 atom stereocenters. The van der Waals surface area contributed by atoms with Gasteiger partial charge in [0.1, 0.15) is 34.1 Å². The normalized spacial score (nSPS) is 10.6. The van der Waals surface area contributed by atoms with Crippen LogP contribution in [0.3, 0.4) is 0 Å². The zero-order chi connectivity index (χ0) is 49.6. The number of sulfonamides is 1. The van der Waals surface area contributed by atoms with Crippen molar-refractivity contribution in [1.29, 1.82) is 0 Å². The molecule has 0 spiro atoms. The van der Waals surface area contributed by atoms with Crippen molar-refractivity contribution in [1.82, 2.24) is 9.97 Å². The Morgan fingerprint density at radius 3 is 1.54 bits per heavy atom. The largest absolute Gasteiger partial charge is 0.462 e. The highest BCUT2D eigenvalue weighted by molar-refractivity contribution is 8.13. The number of aromatic nitrogens is 2. The summed E-state index contributed by atoms with van der Waals surface area (Å²) in [5.41, 5.74) is 6.39. The summed E-state index contributed by atoms with van der Waals surface area (Å²) in [5.74, 6) is -0.130. The number of esters is 2. The van der Waals surface area contributed by atoms with Crippen LogP contribution in [0.1, 0.15) is 53.1 Å². The van der Waals surface area contributed by atoms with Crippen molar-refractivity contribution in [2.45, 2.75) is 44.9 Å². The molecule has 68 heavy (non-hydrogen) atoms. The predicted molar refractivity (Wildman–Crippen MR) is 254 cm³/mol. The van der Waals surface area contributed by atoms with Crippen LogP contribution in [0.2, 0.25) is 10.0 Å². The molecule has 20 nitrogen and oxygen atoms in total. The molecular formula is C43H41Cl3N6O14S2. The van der Waals surface area contributed by atoms with E-state index in [4.69, 9.17) is 58.6 Å². The molecule has 6 aromatic rings. The number of ether oxygens (including phenoxy) is 4. The van der Waals surface area contributed by atoms with Crippen LogP contribution in [-0.2, 0) is 28.5 Å². The Balaban J connectivity index is 0.000000297. The second kappa shape index (κ2) is 24.6. The van der Waals surface area contributed by atoms with Gasteiger partial charge < -0.3 is 24.7 Å². The summed E-state index contributed by atoms with van der Waals surface area (Å²) in [5, 5.41) is 22.2. The van der Waals surface area contributed by atoms with Crippen molar-refractivity contribution in [3.8, 4) is 23.0 Å². The smallest absolute Gasteiger partial charge is 0.342 e. The number of anilines is 2. The maximum absolute atomic E-state index is 12.9. The number of nitrogen functional groups attached to an aromatic ring is 1. The van der Waals surface area contributed by atoms with E-state index in [2.05, 4.69) is 14.7 Å². The van der Waals surface area contributed by atoms with Crippen LogP contribution in [0.5, 0.6) is 23.0 Å². The van der Waals surface area contributed by atoms with E-state index in [9.17, 15) is 46.7 Å². The van der Waals surface area contributed by atoms with Gasteiger partial charge in [0, 0.05) is 70.8 Å². The minimum atomic E-state index is -4.21. The standard InChI is InChI=1S/C21H18ClN3O7S.C14H13ClN2O3.C7H6ClNO4S.CH4/c1-3-31-21(26)18-9-15(5-7-19(18)32-17-8-14(22)11-23-12-17)24-33(29,30)20-10-16(25(27)28)6-4-13(20)2;1-2-19-14(18)12-6-10(16)3-4-13(12)20-11-5-9(15)7-17-8-11;1-5-2-3-6(9(10)11)4-7(5)14(8,12)13;/h4-12,24H,3H2,1-2H3;3-8H,2,16H2,1H3;2-4H,1H3;1H4. The Morgan fingerprint density at radius 1 is 0.662 bits per heavy atom. The number of carbonyl (C=O) groups is 2. The lowest BCUT2D eigenvalue weighted by atomic mass is 10.2. The summed E-state index contributed by atoms with van der Waals surface area (Å²) in [7, 11) is -3.04. The van der Waals surface area contributed by atoms with Gasteiger partial charge in [0.25, 0.3) is 30.4 Å². The summed E-state index contributed by atoms with van der Waals surface area (Å²) in [4.78, 5) is 51.7. The van der Waals surface area contributed by atoms with Crippen LogP contribution in [-0.4, -0.2) is 61.8 Å². The van der Waals surface area contributed by atoms with Crippen molar-refractivity contribution in [2.75, 3.05) is 23.7 Å². The quantitative estimate of drug-likeness (QED) is 0.0337. The number of nitrogens with one attached hydrogen (secondary N) is 1. The van der Waals surface area contributed by atoms with Gasteiger partial charge in [-0.2, -0.15) is 0 Å². The summed E-state index contributed by atoms with van der Waals surface area (Å²) in [6.45, 7) is 6.73. The van der Waals surface area contributed by atoms with E-state index in [1.54, 1.807) is 32.0 Å². The highest BCUT2D eigenvalue weighted by Crippen LogP contribution is 2.32. The summed E-state index contributed by atoms with van der Waals surface area (Å²) >= 11 is 11.7. The second-order valence-corrected chi connectivity index (χ2v) is 18.3. The molecule has 0 amide bonds. The molecule has 2 heterocycles. The van der Waals surface area contributed by atoms with E-state index < -0.39 is 40.9 Å². The van der Waals surface area contributed by atoms with Gasteiger partial charge in [-0.15, -0.1) is 0 Å². The first-order valence-corrected chi connectivity index (χ1v) is 23.5. The van der Waals surface area contributed by atoms with E-state index >= 15 is 0 Å². The molecule has 0 radical (unpaired) electrons. The zero-order valence-electron chi connectivity index (χ0n) is 35.3. The number of nitro benzene ring substituents is 2. The number of nitrogens with zero attached hydrogens (tertiary/aromatic N) is 4. The van der Waals surface area contributed by atoms with Gasteiger partial charge in [0.05, 0.1) is 55.3 Å². The average Bonchev–Trinajstić information content (AvgIpc) is 3.25. The van der Waals surface area contributed by atoms with E-state index in [1.165, 1.54) is 93.2 Å². The van der Waals surface area contributed by atoms with Crippen LogP contribution < -0.4 is 19.9 Å². The van der Waals surface area contributed by atoms with Gasteiger partial charge >= 0.3 is 11.9 Å². The minimum Gasteiger partial charge on any atom is -0.462 e. The molecule has 0 saturated heterocycles. The number of rotatable bonds is 14. The van der Waals surface area contributed by atoms with Crippen LogP contribution >= 0.6 is 33.9 Å². The Labute approximate surface area is 404 Å². The van der Waals surface area contributed by atoms with Crippen LogP contribution in [0.15, 0.2) is 120 Å². The predicted octanol–water partition coefficient (Wildman–Crippen LogP) is 10.5. The molecule has 0 aliphatic rings. The summed E-state index contributed by atoms with van der Waals surface area (Å²) in [6.07, 6.45) is 5.79. The van der Waals surface area contributed by atoms with Gasteiger partial charge in [-0.1, -0.05) is 42.8 Å². The Hall–Kier alpha value is -7.11. The summed E-state index contributed by atoms with van der Waals surface area (Å²) < 4.78 is 71.4. The first kappa shape index (κ1) is 55.2. The van der Waals surface area contributed by atoms with Crippen LogP contribution in [0, 0.1) is 34.1 Å². The van der Waals surface area contributed by atoms with Gasteiger partial charge in [0.15, 0.2) is 0 Å². The van der Waals surface area contributed by atoms with Gasteiger partial charge in [-0.3, -0.25) is 34.9 Å². The average molecular weight is 1040 g/mol. The lowest BCUT2D eigenvalue weighted by molar-refractivity contribution is -0.385. The van der Waals surface area contributed by atoms with Gasteiger partial charge in [-0.25, -0.2) is 26.4 Å². The first-order valence-electron chi connectivity index (χ1n) is 18.9. The molecule has 6 rings (SSSR count). The molecule has 3 N–H and O–H groups in total. The van der Waals surface area contributed by atoms with Gasteiger partial charge in [0.2, 0.25) is 0 Å². The molecular weight excluding hydrogens is 995 g/mol. The Morgan fingerprint density at radius 2 is 1.10 bits per heavy atom. The van der Waals surface area contributed by atoms with Crippen molar-refractivity contribution in [3.63, 3.8) is 0 Å². The third-order valence-electron chi connectivity index (χ3n) is 8.36. The number of aryl methyl sites for hydroxylation is 2. The molecule has 0 fully saturated rings. The van der Waals surface area contributed by atoms with Crippen molar-refractivity contribution >= 4 is 87.6 Å². The molecule has 360 valence electrons. The number of benzene rings is 4. The number of hydrogen-bond donors (Lipinski definition) is 2. The summed E-state index contributed by atoms with van der Waals surface area (Å²) in [6, 6.07) is 18.9. The number of halogens is 3. The van der Waals surface area contributed by atoms with Crippen molar-refractivity contribution < 1.29 is 55.2 Å².